The number of fused-ring (bicyclic) bond motifs is 1. The molecule has 0 bridgehead atoms. The predicted molar refractivity (Wildman–Crippen MR) is 70.1 cm³/mol. The molecule has 1 aliphatic heterocycles. The summed E-state index contributed by atoms with van der Waals surface area (Å²) in [4.78, 5) is 14.5. The van der Waals surface area contributed by atoms with Crippen LogP contribution >= 0.6 is 11.3 Å². The molecule has 0 radical (unpaired) electrons. The summed E-state index contributed by atoms with van der Waals surface area (Å²) in [6, 6.07) is 1.97. The number of carbonyl (C=O) groups is 1. The number of thiophene rings is 1. The topological polar surface area (TPSA) is 89.1 Å². The third-order valence-corrected chi connectivity index (χ3v) is 4.15. The molecule has 100 valence electrons. The Morgan fingerprint density at radius 2 is 2.42 bits per heavy atom. The monoisotopic (exact) mass is 278 g/mol. The second kappa shape index (κ2) is 5.08. The van der Waals surface area contributed by atoms with Crippen molar-refractivity contribution in [3.63, 3.8) is 0 Å². The molecule has 3 heterocycles. The van der Waals surface area contributed by atoms with Crippen LogP contribution in [-0.4, -0.2) is 32.1 Å². The fourth-order valence-corrected chi connectivity index (χ4v) is 3.04. The van der Waals surface area contributed by atoms with Crippen LogP contribution in [0.4, 0.5) is 0 Å². The first-order valence-electron chi connectivity index (χ1n) is 5.94. The first-order chi connectivity index (χ1) is 9.28. The minimum absolute atomic E-state index is 0.231. The molecule has 3 rings (SSSR count). The highest BCUT2D eigenvalue weighted by Gasteiger charge is 2.20. The Bertz CT molecular complexity index is 592. The summed E-state index contributed by atoms with van der Waals surface area (Å²) in [7, 11) is 0. The van der Waals surface area contributed by atoms with E-state index >= 15 is 0 Å². The Balaban J connectivity index is 1.73. The second-order valence-corrected chi connectivity index (χ2v) is 5.32. The van der Waals surface area contributed by atoms with Gasteiger partial charge in [-0.3, -0.25) is 15.1 Å². The highest BCUT2D eigenvalue weighted by Crippen LogP contribution is 2.20. The first-order valence-corrected chi connectivity index (χ1v) is 6.82. The molecule has 0 spiro atoms. The van der Waals surface area contributed by atoms with E-state index in [1.807, 2.05) is 11.4 Å². The van der Waals surface area contributed by atoms with E-state index in [0.29, 0.717) is 4.88 Å². The maximum atomic E-state index is 11.6. The molecule has 0 fully saturated rings. The van der Waals surface area contributed by atoms with Gasteiger partial charge in [0.05, 0.1) is 11.4 Å². The van der Waals surface area contributed by atoms with Crippen molar-refractivity contribution in [3.8, 4) is 0 Å². The number of nitrogens with two attached hydrogens (primary N) is 1. The van der Waals surface area contributed by atoms with Gasteiger partial charge in [0.15, 0.2) is 0 Å². The second-order valence-electron chi connectivity index (χ2n) is 4.40. The smallest absolute Gasteiger partial charge is 0.275 e. The van der Waals surface area contributed by atoms with E-state index in [2.05, 4.69) is 25.1 Å². The zero-order valence-electron chi connectivity index (χ0n) is 10.2. The van der Waals surface area contributed by atoms with E-state index in [0.717, 1.165) is 37.6 Å². The molecule has 0 aromatic carbocycles. The van der Waals surface area contributed by atoms with Crippen LogP contribution in [0.1, 0.15) is 21.1 Å². The van der Waals surface area contributed by atoms with E-state index < -0.39 is 0 Å². The van der Waals surface area contributed by atoms with Crippen molar-refractivity contribution in [1.82, 2.24) is 25.1 Å². The molecule has 0 aliphatic carbocycles. The highest BCUT2D eigenvalue weighted by molar-refractivity contribution is 7.12. The summed E-state index contributed by atoms with van der Waals surface area (Å²) >= 11 is 1.41. The summed E-state index contributed by atoms with van der Waals surface area (Å²) in [5, 5.41) is 9.90. The van der Waals surface area contributed by atoms with Gasteiger partial charge in [0.1, 0.15) is 12.2 Å². The van der Waals surface area contributed by atoms with Crippen molar-refractivity contribution in [2.75, 3.05) is 6.54 Å². The van der Waals surface area contributed by atoms with Crippen LogP contribution in [-0.2, 0) is 19.6 Å². The van der Waals surface area contributed by atoms with Crippen LogP contribution in [0.5, 0.6) is 0 Å². The largest absolute Gasteiger partial charge is 0.315 e. The van der Waals surface area contributed by atoms with Gasteiger partial charge in [-0.2, -0.15) is 0 Å². The van der Waals surface area contributed by atoms with Gasteiger partial charge in [0.2, 0.25) is 0 Å². The molecule has 3 N–H and O–H groups in total. The van der Waals surface area contributed by atoms with Gasteiger partial charge in [-0.15, -0.1) is 21.5 Å². The van der Waals surface area contributed by atoms with Gasteiger partial charge in [-0.1, -0.05) is 0 Å². The molecule has 8 heteroatoms. The number of carbonyl (C=O) groups excluding carboxylic acids is 1. The molecular weight excluding hydrogens is 264 g/mol. The van der Waals surface area contributed by atoms with Gasteiger partial charge >= 0.3 is 0 Å². The molecule has 0 unspecified atom stereocenters. The van der Waals surface area contributed by atoms with E-state index in [1.165, 1.54) is 11.3 Å². The molecule has 1 amide bonds. The summed E-state index contributed by atoms with van der Waals surface area (Å²) in [6.07, 6.45) is 1.75. The van der Waals surface area contributed by atoms with Crippen LogP contribution in [0.3, 0.4) is 0 Å². The zero-order chi connectivity index (χ0) is 13.2. The fraction of sp³-hybridized carbons (Fsp3) is 0.364. The van der Waals surface area contributed by atoms with Crippen LogP contribution in [0.15, 0.2) is 17.8 Å². The number of nitrogen functional groups attached to an aromatic ring is 1. The number of hydrogen-bond acceptors (Lipinski definition) is 6. The normalized spacial score (nSPS) is 15.2. The summed E-state index contributed by atoms with van der Waals surface area (Å²) in [5.74, 6) is 5.92. The number of nitrogens with one attached hydrogen (secondary N) is 1. The van der Waals surface area contributed by atoms with E-state index in [4.69, 9.17) is 5.84 Å². The molecular formula is C11H14N6OS. The maximum Gasteiger partial charge on any atom is 0.275 e. The summed E-state index contributed by atoms with van der Waals surface area (Å²) in [5.41, 5.74) is 3.18. The lowest BCUT2D eigenvalue weighted by molar-refractivity contribution is 0.0955. The average Bonchev–Trinajstić information content (AvgIpc) is 3.06. The minimum atomic E-state index is -0.231. The Hall–Kier alpha value is -1.77. The van der Waals surface area contributed by atoms with Crippen LogP contribution < -0.4 is 11.3 Å². The van der Waals surface area contributed by atoms with Gasteiger partial charge in [-0.05, 0) is 17.0 Å². The van der Waals surface area contributed by atoms with Crippen molar-refractivity contribution in [3.05, 3.63) is 34.0 Å². The zero-order valence-corrected chi connectivity index (χ0v) is 11.1. The van der Waals surface area contributed by atoms with Gasteiger partial charge < -0.3 is 4.57 Å². The lowest BCUT2D eigenvalue weighted by Crippen LogP contribution is -2.34. The van der Waals surface area contributed by atoms with Gasteiger partial charge in [0.25, 0.3) is 5.91 Å². The van der Waals surface area contributed by atoms with Crippen LogP contribution in [0.2, 0.25) is 0 Å². The van der Waals surface area contributed by atoms with Crippen LogP contribution in [0, 0.1) is 0 Å². The van der Waals surface area contributed by atoms with Gasteiger partial charge in [-0.25, -0.2) is 5.84 Å². The Morgan fingerprint density at radius 3 is 3.26 bits per heavy atom. The maximum absolute atomic E-state index is 11.6. The number of nitrogens with zero attached hydrogens (tertiary/aromatic N) is 4. The first kappa shape index (κ1) is 12.3. The highest BCUT2D eigenvalue weighted by atomic mass is 32.1. The van der Waals surface area contributed by atoms with Crippen molar-refractivity contribution < 1.29 is 4.79 Å². The molecule has 7 nitrogen and oxygen atoms in total. The molecule has 19 heavy (non-hydrogen) atoms. The molecule has 0 atom stereocenters. The minimum Gasteiger partial charge on any atom is -0.315 e. The summed E-state index contributed by atoms with van der Waals surface area (Å²) < 4.78 is 2.05. The average molecular weight is 278 g/mol. The predicted octanol–water partition coefficient (Wildman–Crippen LogP) is -0.0411. The summed E-state index contributed by atoms with van der Waals surface area (Å²) in [6.45, 7) is 3.27. The quantitative estimate of drug-likeness (QED) is 0.467. The fourth-order valence-electron chi connectivity index (χ4n) is 2.22. The van der Waals surface area contributed by atoms with Gasteiger partial charge in [0, 0.05) is 19.6 Å². The Kier molecular flexibility index (Phi) is 3.28. The number of hydrazine groups is 1. The number of rotatable bonds is 3. The molecule has 1 aliphatic rings. The SMILES string of the molecule is NNC(=O)c1sccc1CN1CCn2cnnc2C1. The van der Waals surface area contributed by atoms with Crippen molar-refractivity contribution >= 4 is 17.2 Å². The molecule has 0 saturated heterocycles. The Labute approximate surface area is 114 Å². The lowest BCUT2D eigenvalue weighted by Gasteiger charge is -2.26. The molecule has 0 saturated carbocycles. The van der Waals surface area contributed by atoms with Crippen molar-refractivity contribution in [2.45, 2.75) is 19.6 Å². The molecule has 2 aromatic heterocycles. The number of amides is 1. The van der Waals surface area contributed by atoms with Crippen LogP contribution in [0.25, 0.3) is 0 Å². The van der Waals surface area contributed by atoms with E-state index in [-0.39, 0.29) is 5.91 Å². The standard InChI is InChI=1S/C11H14N6OS/c12-14-11(18)10-8(1-4-19-10)5-16-2-3-17-7-13-15-9(17)6-16/h1,4,7H,2-3,5-6,12H2,(H,14,18). The third kappa shape index (κ3) is 2.37. The number of aromatic nitrogens is 3. The van der Waals surface area contributed by atoms with E-state index in [1.54, 1.807) is 6.33 Å². The molecule has 2 aromatic rings. The lowest BCUT2D eigenvalue weighted by atomic mass is 10.2. The van der Waals surface area contributed by atoms with Crippen molar-refractivity contribution in [2.24, 2.45) is 5.84 Å². The van der Waals surface area contributed by atoms with Crippen molar-refractivity contribution in [1.29, 1.82) is 0 Å². The Morgan fingerprint density at radius 1 is 1.53 bits per heavy atom. The van der Waals surface area contributed by atoms with E-state index in [9.17, 15) is 4.79 Å². The number of hydrogen-bond donors (Lipinski definition) is 2. The third-order valence-electron chi connectivity index (χ3n) is 3.20.